The lowest BCUT2D eigenvalue weighted by Gasteiger charge is -2.19. The lowest BCUT2D eigenvalue weighted by Crippen LogP contribution is -2.42. The van der Waals surface area contributed by atoms with E-state index in [-0.39, 0.29) is 24.4 Å². The largest absolute Gasteiger partial charge is 0.497 e. The van der Waals surface area contributed by atoms with Crippen LogP contribution in [-0.2, 0) is 16.1 Å². The highest BCUT2D eigenvalue weighted by atomic mass is 16.5. The molecule has 2 heterocycles. The van der Waals surface area contributed by atoms with Gasteiger partial charge in [-0.15, -0.1) is 0 Å². The first-order valence-corrected chi connectivity index (χ1v) is 8.87. The molecule has 2 amide bonds. The van der Waals surface area contributed by atoms with Crippen molar-refractivity contribution in [3.05, 3.63) is 54.4 Å². The summed E-state index contributed by atoms with van der Waals surface area (Å²) in [6.45, 7) is 1.30. The second-order valence-electron chi connectivity index (χ2n) is 6.67. The molecule has 1 aliphatic heterocycles. The second kappa shape index (κ2) is 8.64. The van der Waals surface area contributed by atoms with Gasteiger partial charge in [0.2, 0.25) is 11.8 Å². The number of methoxy groups -OCH3 is 1. The standard InChI is InChI=1S/C20H24N4O3/c1-23(12-15-6-3-4-9-21-15)14-19(25)22-16-10-20(26)24(13-16)17-7-5-8-18(11-17)27-2/h3-9,11,16H,10,12-14H2,1-2H3,(H,22,25)/t16-/m0/s1. The van der Waals surface area contributed by atoms with Crippen LogP contribution < -0.4 is 15.0 Å². The molecule has 0 spiro atoms. The molecule has 1 atom stereocenters. The maximum absolute atomic E-state index is 12.3. The summed E-state index contributed by atoms with van der Waals surface area (Å²) >= 11 is 0. The van der Waals surface area contributed by atoms with Crippen LogP contribution in [0.4, 0.5) is 5.69 Å². The van der Waals surface area contributed by atoms with Gasteiger partial charge >= 0.3 is 0 Å². The maximum Gasteiger partial charge on any atom is 0.234 e. The monoisotopic (exact) mass is 368 g/mol. The molecule has 1 saturated heterocycles. The smallest absolute Gasteiger partial charge is 0.234 e. The first-order valence-electron chi connectivity index (χ1n) is 8.87. The fourth-order valence-electron chi connectivity index (χ4n) is 3.17. The van der Waals surface area contributed by atoms with Crippen LogP contribution in [0.25, 0.3) is 0 Å². The average Bonchev–Trinajstić information content (AvgIpc) is 3.02. The van der Waals surface area contributed by atoms with Crippen LogP contribution in [0.5, 0.6) is 5.75 Å². The molecule has 0 aliphatic carbocycles. The zero-order chi connectivity index (χ0) is 19.2. The number of ether oxygens (including phenoxy) is 1. The second-order valence-corrected chi connectivity index (χ2v) is 6.67. The van der Waals surface area contributed by atoms with Gasteiger partial charge in [-0.25, -0.2) is 0 Å². The van der Waals surface area contributed by atoms with Gasteiger partial charge in [0.05, 0.1) is 25.4 Å². The van der Waals surface area contributed by atoms with Gasteiger partial charge in [0.1, 0.15) is 5.75 Å². The Bertz CT molecular complexity index is 797. The van der Waals surface area contributed by atoms with Crippen molar-refractivity contribution >= 4 is 17.5 Å². The van der Waals surface area contributed by atoms with Gasteiger partial charge < -0.3 is 15.0 Å². The van der Waals surface area contributed by atoms with Gasteiger partial charge in [0, 0.05) is 37.5 Å². The van der Waals surface area contributed by atoms with Crippen LogP contribution in [0.1, 0.15) is 12.1 Å². The molecule has 7 nitrogen and oxygen atoms in total. The number of hydrogen-bond donors (Lipinski definition) is 1. The summed E-state index contributed by atoms with van der Waals surface area (Å²) in [5.74, 6) is 0.595. The molecule has 7 heteroatoms. The van der Waals surface area contributed by atoms with E-state index in [1.54, 1.807) is 18.2 Å². The van der Waals surface area contributed by atoms with Gasteiger partial charge in [-0.1, -0.05) is 12.1 Å². The molecule has 1 N–H and O–H groups in total. The Morgan fingerprint density at radius 1 is 1.33 bits per heavy atom. The van der Waals surface area contributed by atoms with Crippen molar-refractivity contribution in [2.24, 2.45) is 0 Å². The highest BCUT2D eigenvalue weighted by Gasteiger charge is 2.31. The number of aromatic nitrogens is 1. The van der Waals surface area contributed by atoms with Crippen molar-refractivity contribution in [3.8, 4) is 5.75 Å². The van der Waals surface area contributed by atoms with Crippen molar-refractivity contribution in [2.45, 2.75) is 19.0 Å². The van der Waals surface area contributed by atoms with Crippen molar-refractivity contribution < 1.29 is 14.3 Å². The van der Waals surface area contributed by atoms with Gasteiger partial charge in [0.15, 0.2) is 0 Å². The van der Waals surface area contributed by atoms with Gasteiger partial charge in [-0.2, -0.15) is 0 Å². The van der Waals surface area contributed by atoms with E-state index in [1.807, 2.05) is 54.4 Å². The molecule has 1 fully saturated rings. The topological polar surface area (TPSA) is 74.8 Å². The molecule has 27 heavy (non-hydrogen) atoms. The molecular weight excluding hydrogens is 344 g/mol. The molecule has 0 radical (unpaired) electrons. The number of benzene rings is 1. The van der Waals surface area contributed by atoms with E-state index in [4.69, 9.17) is 4.74 Å². The van der Waals surface area contributed by atoms with Crippen molar-refractivity contribution in [2.75, 3.05) is 32.1 Å². The summed E-state index contributed by atoms with van der Waals surface area (Å²) in [7, 11) is 3.46. The van der Waals surface area contributed by atoms with E-state index >= 15 is 0 Å². The van der Waals surface area contributed by atoms with Crippen LogP contribution in [0.3, 0.4) is 0 Å². The fraction of sp³-hybridized carbons (Fsp3) is 0.350. The number of nitrogens with zero attached hydrogens (tertiary/aromatic N) is 3. The van der Waals surface area contributed by atoms with Gasteiger partial charge in [-0.05, 0) is 31.3 Å². The summed E-state index contributed by atoms with van der Waals surface area (Å²) in [4.78, 5) is 32.5. The minimum Gasteiger partial charge on any atom is -0.497 e. The molecule has 1 aromatic heterocycles. The zero-order valence-electron chi connectivity index (χ0n) is 15.6. The van der Waals surface area contributed by atoms with Crippen LogP contribution in [0, 0.1) is 0 Å². The van der Waals surface area contributed by atoms with E-state index in [0.717, 1.165) is 11.4 Å². The number of pyridine rings is 1. The van der Waals surface area contributed by atoms with E-state index in [9.17, 15) is 9.59 Å². The van der Waals surface area contributed by atoms with Crippen LogP contribution in [0.2, 0.25) is 0 Å². The van der Waals surface area contributed by atoms with E-state index in [2.05, 4.69) is 10.3 Å². The number of nitrogens with one attached hydrogen (secondary N) is 1. The average molecular weight is 368 g/mol. The zero-order valence-corrected chi connectivity index (χ0v) is 15.6. The molecule has 0 unspecified atom stereocenters. The first-order chi connectivity index (χ1) is 13.0. The van der Waals surface area contributed by atoms with Crippen molar-refractivity contribution in [3.63, 3.8) is 0 Å². The van der Waals surface area contributed by atoms with E-state index in [0.29, 0.717) is 25.3 Å². The predicted molar refractivity (Wildman–Crippen MR) is 102 cm³/mol. The third-order valence-corrected chi connectivity index (χ3v) is 4.43. The number of likely N-dealkylation sites (N-methyl/N-ethyl adjacent to an activating group) is 1. The maximum atomic E-state index is 12.3. The highest BCUT2D eigenvalue weighted by Crippen LogP contribution is 2.25. The Morgan fingerprint density at radius 2 is 2.19 bits per heavy atom. The molecular formula is C20H24N4O3. The summed E-state index contributed by atoms with van der Waals surface area (Å²) < 4.78 is 5.22. The lowest BCUT2D eigenvalue weighted by molar-refractivity contribution is -0.122. The molecule has 0 saturated carbocycles. The van der Waals surface area contributed by atoms with Crippen molar-refractivity contribution in [1.82, 2.24) is 15.2 Å². The summed E-state index contributed by atoms with van der Waals surface area (Å²) in [5.41, 5.74) is 1.69. The third-order valence-electron chi connectivity index (χ3n) is 4.43. The van der Waals surface area contributed by atoms with E-state index in [1.165, 1.54) is 0 Å². The highest BCUT2D eigenvalue weighted by molar-refractivity contribution is 5.97. The summed E-state index contributed by atoms with van der Waals surface area (Å²) in [6, 6.07) is 12.9. The van der Waals surface area contributed by atoms with E-state index < -0.39 is 0 Å². The van der Waals surface area contributed by atoms with Crippen LogP contribution in [0.15, 0.2) is 48.7 Å². The number of amides is 2. The summed E-state index contributed by atoms with van der Waals surface area (Å²) in [6.07, 6.45) is 2.04. The van der Waals surface area contributed by atoms with Crippen LogP contribution in [-0.4, -0.2) is 55.0 Å². The third kappa shape index (κ3) is 5.04. The Labute approximate surface area is 158 Å². The quantitative estimate of drug-likeness (QED) is 0.801. The number of rotatable bonds is 7. The lowest BCUT2D eigenvalue weighted by atomic mass is 10.2. The predicted octanol–water partition coefficient (Wildman–Crippen LogP) is 1.44. The molecule has 2 aromatic rings. The molecule has 3 rings (SSSR count). The first kappa shape index (κ1) is 18.8. The Balaban J connectivity index is 1.52. The Hall–Kier alpha value is -2.93. The molecule has 1 aromatic carbocycles. The van der Waals surface area contributed by atoms with Gasteiger partial charge in [-0.3, -0.25) is 19.5 Å². The molecule has 142 valence electrons. The number of hydrogen-bond acceptors (Lipinski definition) is 5. The van der Waals surface area contributed by atoms with Crippen LogP contribution >= 0.6 is 0 Å². The Morgan fingerprint density at radius 3 is 2.93 bits per heavy atom. The van der Waals surface area contributed by atoms with Gasteiger partial charge in [0.25, 0.3) is 0 Å². The summed E-state index contributed by atoms with van der Waals surface area (Å²) in [5, 5.41) is 2.96. The number of carbonyl (C=O) groups is 2. The fourth-order valence-corrected chi connectivity index (χ4v) is 3.17. The number of anilines is 1. The molecule has 1 aliphatic rings. The minimum absolute atomic E-state index is 0.00427. The number of carbonyl (C=O) groups excluding carboxylic acids is 2. The minimum atomic E-state index is -0.195. The molecule has 0 bridgehead atoms. The van der Waals surface area contributed by atoms with Crippen molar-refractivity contribution in [1.29, 1.82) is 0 Å². The Kier molecular flexibility index (Phi) is 6.03. The SMILES string of the molecule is COc1cccc(N2C[C@@H](NC(=O)CN(C)Cc3ccccn3)CC2=O)c1. The normalized spacial score (nSPS) is 16.6.